The van der Waals surface area contributed by atoms with Gasteiger partial charge in [0.15, 0.2) is 0 Å². The van der Waals surface area contributed by atoms with Crippen molar-refractivity contribution < 1.29 is 23.8 Å². The third-order valence-corrected chi connectivity index (χ3v) is 4.28. The molecule has 22 heavy (non-hydrogen) atoms. The zero-order valence-electron chi connectivity index (χ0n) is 11.9. The minimum Gasteiger partial charge on any atom is -0.466 e. The summed E-state index contributed by atoms with van der Waals surface area (Å²) in [6, 6.07) is 5.12. The first kappa shape index (κ1) is 16.8. The highest BCUT2D eigenvalue weighted by molar-refractivity contribution is 9.10. The van der Waals surface area contributed by atoms with E-state index in [1.165, 1.54) is 19.1 Å². The Kier molecular flexibility index (Phi) is 5.44. The molecule has 0 amide bonds. The van der Waals surface area contributed by atoms with E-state index in [0.717, 1.165) is 0 Å². The van der Waals surface area contributed by atoms with Crippen molar-refractivity contribution in [3.05, 3.63) is 39.0 Å². The first-order chi connectivity index (χ1) is 10.5. The average Bonchev–Trinajstić information content (AvgIpc) is 2.55. The number of rotatable bonds is 3. The summed E-state index contributed by atoms with van der Waals surface area (Å²) < 4.78 is 15.6. The van der Waals surface area contributed by atoms with Crippen molar-refractivity contribution >= 4 is 45.2 Å². The molecule has 0 saturated carbocycles. The highest BCUT2D eigenvalue weighted by Crippen LogP contribution is 2.31. The molecule has 2 rings (SSSR count). The molecular formula is C14H13BrClNO5. The molecule has 0 fully saturated rings. The number of esters is 2. The number of carbonyl (C=O) groups is 2. The maximum absolute atomic E-state index is 12.1. The van der Waals surface area contributed by atoms with Crippen molar-refractivity contribution in [2.45, 2.75) is 0 Å². The van der Waals surface area contributed by atoms with Gasteiger partial charge in [-0.15, -0.1) is 0 Å². The lowest BCUT2D eigenvalue weighted by molar-refractivity contribution is -0.140. The number of hydrogen-bond donors (Lipinski definition) is 0. The van der Waals surface area contributed by atoms with Crippen LogP contribution in [0.25, 0.3) is 0 Å². The molecule has 6 nitrogen and oxygen atoms in total. The predicted octanol–water partition coefficient (Wildman–Crippen LogP) is 2.50. The maximum atomic E-state index is 12.1. The van der Waals surface area contributed by atoms with Crippen LogP contribution in [0.3, 0.4) is 0 Å². The lowest BCUT2D eigenvalue weighted by atomic mass is 10.1. The van der Waals surface area contributed by atoms with E-state index in [-0.39, 0.29) is 24.6 Å². The zero-order chi connectivity index (χ0) is 16.3. The summed E-state index contributed by atoms with van der Waals surface area (Å²) in [7, 11) is 2.48. The van der Waals surface area contributed by atoms with E-state index in [1.54, 1.807) is 18.2 Å². The van der Waals surface area contributed by atoms with Gasteiger partial charge < -0.3 is 19.1 Å². The Morgan fingerprint density at radius 1 is 1.27 bits per heavy atom. The molecule has 0 aliphatic carbocycles. The Balaban J connectivity index is 2.54. The van der Waals surface area contributed by atoms with E-state index >= 15 is 0 Å². The van der Waals surface area contributed by atoms with Gasteiger partial charge in [0.1, 0.15) is 12.4 Å². The van der Waals surface area contributed by atoms with E-state index in [9.17, 15) is 9.59 Å². The highest BCUT2D eigenvalue weighted by atomic mass is 79.9. The van der Waals surface area contributed by atoms with Gasteiger partial charge in [-0.3, -0.25) is 0 Å². The SMILES string of the molecule is COC(=O)C1=C(C(=O)OC)N(c2ccc(Br)c(Cl)c2)COC1. The van der Waals surface area contributed by atoms with Crippen LogP contribution in [0.4, 0.5) is 5.69 Å². The van der Waals surface area contributed by atoms with Crippen LogP contribution in [-0.4, -0.2) is 39.5 Å². The van der Waals surface area contributed by atoms with Crippen LogP contribution in [-0.2, 0) is 23.8 Å². The van der Waals surface area contributed by atoms with Gasteiger partial charge in [-0.25, -0.2) is 9.59 Å². The fraction of sp³-hybridized carbons (Fsp3) is 0.286. The standard InChI is InChI=1S/C14H13BrClNO5/c1-20-13(18)9-6-22-7-17(12(9)14(19)21-2)8-3-4-10(15)11(16)5-8/h3-5H,6-7H2,1-2H3. The number of benzene rings is 1. The van der Waals surface area contributed by atoms with Gasteiger partial charge in [0.25, 0.3) is 0 Å². The summed E-state index contributed by atoms with van der Waals surface area (Å²) >= 11 is 9.38. The molecule has 1 aromatic carbocycles. The van der Waals surface area contributed by atoms with Crippen LogP contribution in [0, 0.1) is 0 Å². The minimum absolute atomic E-state index is 0.0299. The number of ether oxygens (including phenoxy) is 3. The van der Waals surface area contributed by atoms with Gasteiger partial charge in [0.05, 0.1) is 31.4 Å². The number of hydrogen-bond acceptors (Lipinski definition) is 6. The first-order valence-corrected chi connectivity index (χ1v) is 7.36. The average molecular weight is 391 g/mol. The van der Waals surface area contributed by atoms with Crippen molar-refractivity contribution in [3.63, 3.8) is 0 Å². The van der Waals surface area contributed by atoms with Crippen molar-refractivity contribution in [1.82, 2.24) is 0 Å². The summed E-state index contributed by atoms with van der Waals surface area (Å²) in [5, 5.41) is 0.465. The van der Waals surface area contributed by atoms with Crippen molar-refractivity contribution in [1.29, 1.82) is 0 Å². The number of nitrogens with zero attached hydrogens (tertiary/aromatic N) is 1. The first-order valence-electron chi connectivity index (χ1n) is 6.19. The van der Waals surface area contributed by atoms with Crippen LogP contribution in [0.5, 0.6) is 0 Å². The normalized spacial score (nSPS) is 14.8. The fourth-order valence-electron chi connectivity index (χ4n) is 2.00. The molecule has 0 aromatic heterocycles. The summed E-state index contributed by atoms with van der Waals surface area (Å²) in [5.41, 5.74) is 0.772. The van der Waals surface area contributed by atoms with Crippen LogP contribution in [0.1, 0.15) is 0 Å². The van der Waals surface area contributed by atoms with Crippen molar-refractivity contribution in [3.8, 4) is 0 Å². The van der Waals surface area contributed by atoms with Crippen LogP contribution in [0.15, 0.2) is 33.9 Å². The number of carbonyl (C=O) groups excluding carboxylic acids is 2. The Morgan fingerprint density at radius 3 is 2.55 bits per heavy atom. The second-order valence-corrected chi connectivity index (χ2v) is 5.58. The van der Waals surface area contributed by atoms with Gasteiger partial charge in [0, 0.05) is 10.2 Å². The molecule has 1 aromatic rings. The van der Waals surface area contributed by atoms with Crippen LogP contribution < -0.4 is 4.90 Å². The maximum Gasteiger partial charge on any atom is 0.355 e. The molecular weight excluding hydrogens is 378 g/mol. The lowest BCUT2D eigenvalue weighted by Crippen LogP contribution is -2.38. The molecule has 0 radical (unpaired) electrons. The largest absolute Gasteiger partial charge is 0.466 e. The molecule has 8 heteroatoms. The Labute approximate surface area is 140 Å². The third kappa shape index (κ3) is 3.26. The molecule has 1 heterocycles. The van der Waals surface area contributed by atoms with Gasteiger partial charge >= 0.3 is 11.9 Å². The second-order valence-electron chi connectivity index (χ2n) is 4.31. The predicted molar refractivity (Wildman–Crippen MR) is 83.5 cm³/mol. The molecule has 1 aliphatic rings. The van der Waals surface area contributed by atoms with Crippen molar-refractivity contribution in [2.75, 3.05) is 32.5 Å². The topological polar surface area (TPSA) is 65.1 Å². The molecule has 0 saturated heterocycles. The summed E-state index contributed by atoms with van der Waals surface area (Å²) in [6.07, 6.45) is 0. The molecule has 0 atom stereocenters. The smallest absolute Gasteiger partial charge is 0.355 e. The van der Waals surface area contributed by atoms with E-state index in [1.807, 2.05) is 0 Å². The van der Waals surface area contributed by atoms with Crippen LogP contribution in [0.2, 0.25) is 5.02 Å². The van der Waals surface area contributed by atoms with E-state index in [2.05, 4.69) is 15.9 Å². The number of halogens is 2. The summed E-state index contributed by atoms with van der Waals surface area (Å²) in [6.45, 7) is 0.0563. The molecule has 0 bridgehead atoms. The molecule has 0 N–H and O–H groups in total. The molecule has 1 aliphatic heterocycles. The van der Waals surface area contributed by atoms with Gasteiger partial charge in [-0.1, -0.05) is 11.6 Å². The van der Waals surface area contributed by atoms with Gasteiger partial charge in [-0.05, 0) is 34.1 Å². The molecule has 0 spiro atoms. The summed E-state index contributed by atoms with van der Waals surface area (Å²) in [4.78, 5) is 25.5. The highest BCUT2D eigenvalue weighted by Gasteiger charge is 2.32. The second kappa shape index (κ2) is 7.13. The zero-order valence-corrected chi connectivity index (χ0v) is 14.2. The quantitative estimate of drug-likeness (QED) is 0.739. The monoisotopic (exact) mass is 389 g/mol. The number of methoxy groups -OCH3 is 2. The van der Waals surface area contributed by atoms with E-state index in [0.29, 0.717) is 15.2 Å². The Morgan fingerprint density at radius 2 is 1.95 bits per heavy atom. The lowest BCUT2D eigenvalue weighted by Gasteiger charge is -2.31. The van der Waals surface area contributed by atoms with E-state index < -0.39 is 11.9 Å². The summed E-state index contributed by atoms with van der Waals surface area (Å²) in [5.74, 6) is -1.30. The molecule has 0 unspecified atom stereocenters. The van der Waals surface area contributed by atoms with Crippen molar-refractivity contribution in [2.24, 2.45) is 0 Å². The third-order valence-electron chi connectivity index (χ3n) is 3.05. The van der Waals surface area contributed by atoms with Crippen LogP contribution >= 0.6 is 27.5 Å². The Hall–Kier alpha value is -1.57. The van der Waals surface area contributed by atoms with E-state index in [4.69, 9.17) is 25.8 Å². The Bertz CT molecular complexity index is 646. The minimum atomic E-state index is -0.650. The fourth-order valence-corrected chi connectivity index (χ4v) is 2.42. The van der Waals surface area contributed by atoms with Gasteiger partial charge in [-0.2, -0.15) is 0 Å². The molecule has 118 valence electrons. The van der Waals surface area contributed by atoms with Gasteiger partial charge in [0.2, 0.25) is 0 Å². The number of anilines is 1.